The summed E-state index contributed by atoms with van der Waals surface area (Å²) in [5, 5.41) is 4.19. The van der Waals surface area contributed by atoms with Crippen LogP contribution in [-0.4, -0.2) is 16.5 Å². The molecule has 0 radical (unpaired) electrons. The number of anilines is 1. The summed E-state index contributed by atoms with van der Waals surface area (Å²) in [7, 11) is 0. The summed E-state index contributed by atoms with van der Waals surface area (Å²) < 4.78 is 1.08. The summed E-state index contributed by atoms with van der Waals surface area (Å²) in [6.45, 7) is 5.01. The van der Waals surface area contributed by atoms with Crippen LogP contribution in [0.25, 0.3) is 0 Å². The topological polar surface area (TPSA) is 37.8 Å². The largest absolute Gasteiger partial charge is 0.354 e. The van der Waals surface area contributed by atoms with Gasteiger partial charge in [0.05, 0.1) is 0 Å². The third kappa shape index (κ3) is 4.51. The highest BCUT2D eigenvalue weighted by Gasteiger charge is 2.04. The lowest BCUT2D eigenvalue weighted by Crippen LogP contribution is -2.05. The van der Waals surface area contributed by atoms with E-state index in [1.54, 1.807) is 11.8 Å². The van der Waals surface area contributed by atoms with Crippen molar-refractivity contribution in [3.05, 3.63) is 40.5 Å². The molecule has 1 aromatic carbocycles. The predicted molar refractivity (Wildman–Crippen MR) is 83.8 cm³/mol. The van der Waals surface area contributed by atoms with Gasteiger partial charge in [-0.3, -0.25) is 0 Å². The Bertz CT molecular complexity index is 560. The van der Waals surface area contributed by atoms with Crippen molar-refractivity contribution < 1.29 is 0 Å². The summed E-state index contributed by atoms with van der Waals surface area (Å²) in [5.74, 6) is 0.708. The summed E-state index contributed by atoms with van der Waals surface area (Å²) in [4.78, 5) is 10.1. The highest BCUT2D eigenvalue weighted by atomic mass is 79.9. The van der Waals surface area contributed by atoms with Crippen molar-refractivity contribution in [1.82, 2.24) is 9.97 Å². The third-order valence-corrected chi connectivity index (χ3v) is 3.78. The fourth-order valence-electron chi connectivity index (χ4n) is 1.56. The molecule has 0 amide bonds. The molecule has 3 nitrogen and oxygen atoms in total. The highest BCUT2D eigenvalue weighted by Crippen LogP contribution is 2.28. The lowest BCUT2D eigenvalue weighted by Gasteiger charge is -2.07. The van der Waals surface area contributed by atoms with Crippen LogP contribution in [-0.2, 0) is 0 Å². The smallest absolute Gasteiger partial charge is 0.223 e. The van der Waals surface area contributed by atoms with Crippen molar-refractivity contribution in [2.75, 3.05) is 11.9 Å². The molecule has 1 heterocycles. The van der Waals surface area contributed by atoms with Crippen LogP contribution in [0.4, 0.5) is 5.95 Å². The number of hydrogen-bond donors (Lipinski definition) is 1. The van der Waals surface area contributed by atoms with E-state index in [4.69, 9.17) is 0 Å². The van der Waals surface area contributed by atoms with Gasteiger partial charge in [0, 0.05) is 21.6 Å². The van der Waals surface area contributed by atoms with Crippen molar-refractivity contribution in [2.45, 2.75) is 30.2 Å². The zero-order valence-corrected chi connectivity index (χ0v) is 13.4. The number of aromatic nitrogens is 2. The molecule has 2 rings (SSSR count). The van der Waals surface area contributed by atoms with Crippen molar-refractivity contribution in [3.8, 4) is 0 Å². The number of rotatable bonds is 5. The zero-order chi connectivity index (χ0) is 13.7. The first kappa shape index (κ1) is 14.3. The number of aryl methyl sites for hydroxylation is 1. The van der Waals surface area contributed by atoms with E-state index >= 15 is 0 Å². The average Bonchev–Trinajstić information content (AvgIpc) is 2.35. The van der Waals surface area contributed by atoms with Gasteiger partial charge in [0.25, 0.3) is 0 Å². The molecule has 0 spiro atoms. The van der Waals surface area contributed by atoms with Gasteiger partial charge in [-0.25, -0.2) is 9.97 Å². The Labute approximate surface area is 126 Å². The maximum atomic E-state index is 4.52. The molecule has 5 heteroatoms. The lowest BCUT2D eigenvalue weighted by molar-refractivity contribution is 0.924. The first-order valence-corrected chi connectivity index (χ1v) is 7.81. The Hall–Kier alpha value is -1.07. The van der Waals surface area contributed by atoms with Crippen LogP contribution in [0.2, 0.25) is 0 Å². The zero-order valence-electron chi connectivity index (χ0n) is 11.0. The molecule has 1 N–H and O–H groups in total. The van der Waals surface area contributed by atoms with Gasteiger partial charge in [0.15, 0.2) is 0 Å². The first-order chi connectivity index (χ1) is 9.17. The average molecular weight is 338 g/mol. The Morgan fingerprint density at radius 1 is 1.26 bits per heavy atom. The normalized spacial score (nSPS) is 10.5. The molecule has 0 fully saturated rings. The molecule has 100 valence electrons. The Balaban J connectivity index is 2.17. The van der Waals surface area contributed by atoms with Gasteiger partial charge in [-0.2, -0.15) is 0 Å². The number of nitrogens with zero attached hydrogens (tertiary/aromatic N) is 2. The number of nitrogens with one attached hydrogen (secondary N) is 1. The van der Waals surface area contributed by atoms with Crippen LogP contribution in [0.1, 0.15) is 19.0 Å². The van der Waals surface area contributed by atoms with E-state index in [-0.39, 0.29) is 0 Å². The molecule has 0 aliphatic rings. The van der Waals surface area contributed by atoms with Crippen molar-refractivity contribution in [2.24, 2.45) is 0 Å². The predicted octanol–water partition coefficient (Wildman–Crippen LogP) is 4.52. The Morgan fingerprint density at radius 3 is 2.84 bits per heavy atom. The lowest BCUT2D eigenvalue weighted by atomic mass is 10.4. The summed E-state index contributed by atoms with van der Waals surface area (Å²) in [5.41, 5.74) is 0.978. The van der Waals surface area contributed by atoms with Crippen LogP contribution in [0.15, 0.2) is 44.7 Å². The van der Waals surface area contributed by atoms with E-state index in [0.717, 1.165) is 33.1 Å². The van der Waals surface area contributed by atoms with Crippen molar-refractivity contribution in [1.29, 1.82) is 0 Å². The quantitative estimate of drug-likeness (QED) is 0.814. The van der Waals surface area contributed by atoms with Gasteiger partial charge in [-0.1, -0.05) is 40.7 Å². The molecule has 2 aromatic rings. The minimum atomic E-state index is 0.708. The van der Waals surface area contributed by atoms with Crippen molar-refractivity contribution in [3.63, 3.8) is 0 Å². The second-order valence-corrected chi connectivity index (χ2v) is 6.17. The van der Waals surface area contributed by atoms with Gasteiger partial charge < -0.3 is 5.32 Å². The molecule has 19 heavy (non-hydrogen) atoms. The van der Waals surface area contributed by atoms with Gasteiger partial charge in [0.2, 0.25) is 5.95 Å². The molecular weight excluding hydrogens is 322 g/mol. The van der Waals surface area contributed by atoms with E-state index in [0.29, 0.717) is 5.95 Å². The van der Waals surface area contributed by atoms with E-state index < -0.39 is 0 Å². The SMILES string of the molecule is CCCNc1nc(C)cc(Sc2cccc(Br)c2)n1. The number of benzene rings is 1. The van der Waals surface area contributed by atoms with Gasteiger partial charge in [-0.15, -0.1) is 0 Å². The molecule has 0 bridgehead atoms. The third-order valence-electron chi connectivity index (χ3n) is 2.38. The highest BCUT2D eigenvalue weighted by molar-refractivity contribution is 9.10. The van der Waals surface area contributed by atoms with Crippen LogP contribution in [0.5, 0.6) is 0 Å². The molecule has 0 saturated carbocycles. The van der Waals surface area contributed by atoms with Crippen LogP contribution in [0, 0.1) is 6.92 Å². The molecule has 0 unspecified atom stereocenters. The first-order valence-electron chi connectivity index (χ1n) is 6.20. The molecule has 0 saturated heterocycles. The minimum Gasteiger partial charge on any atom is -0.354 e. The van der Waals surface area contributed by atoms with Gasteiger partial charge in [0.1, 0.15) is 5.03 Å². The monoisotopic (exact) mass is 337 g/mol. The molecule has 0 aliphatic carbocycles. The number of halogens is 1. The summed E-state index contributed by atoms with van der Waals surface area (Å²) >= 11 is 5.12. The van der Waals surface area contributed by atoms with Gasteiger partial charge in [-0.05, 0) is 37.6 Å². The second-order valence-electron chi connectivity index (χ2n) is 4.16. The standard InChI is InChI=1S/C14H16BrN3S/c1-3-7-16-14-17-10(2)8-13(18-14)19-12-6-4-5-11(15)9-12/h4-6,8-9H,3,7H2,1-2H3,(H,16,17,18). The van der Waals surface area contributed by atoms with Gasteiger partial charge >= 0.3 is 0 Å². The molecule has 0 aliphatic heterocycles. The maximum absolute atomic E-state index is 4.52. The van der Waals surface area contributed by atoms with Crippen LogP contribution in [0.3, 0.4) is 0 Å². The van der Waals surface area contributed by atoms with E-state index in [1.165, 1.54) is 0 Å². The van der Waals surface area contributed by atoms with Crippen molar-refractivity contribution >= 4 is 33.6 Å². The van der Waals surface area contributed by atoms with E-state index in [1.807, 2.05) is 25.1 Å². The molecular formula is C14H16BrN3S. The fourth-order valence-corrected chi connectivity index (χ4v) is 3.05. The second kappa shape index (κ2) is 6.91. The maximum Gasteiger partial charge on any atom is 0.223 e. The fraction of sp³-hybridized carbons (Fsp3) is 0.286. The summed E-state index contributed by atoms with van der Waals surface area (Å²) in [6.07, 6.45) is 1.06. The summed E-state index contributed by atoms with van der Waals surface area (Å²) in [6, 6.07) is 10.2. The number of hydrogen-bond acceptors (Lipinski definition) is 4. The Kier molecular flexibility index (Phi) is 5.22. The van der Waals surface area contributed by atoms with Crippen LogP contribution < -0.4 is 5.32 Å². The minimum absolute atomic E-state index is 0.708. The van der Waals surface area contributed by atoms with Crippen LogP contribution >= 0.6 is 27.7 Å². The van der Waals surface area contributed by atoms with E-state index in [2.05, 4.69) is 50.3 Å². The molecule has 1 aromatic heterocycles. The Morgan fingerprint density at radius 2 is 2.11 bits per heavy atom. The molecule has 0 atom stereocenters. The van der Waals surface area contributed by atoms with E-state index in [9.17, 15) is 0 Å².